The Morgan fingerprint density at radius 2 is 2.18 bits per heavy atom. The van der Waals surface area contributed by atoms with Crippen LogP contribution in [0.4, 0.5) is 0 Å². The molecule has 1 aliphatic heterocycles. The maximum Gasteiger partial charge on any atom is 0.117 e. The van der Waals surface area contributed by atoms with E-state index < -0.39 is 0 Å². The average Bonchev–Trinajstić information content (AvgIpc) is 2.29. The van der Waals surface area contributed by atoms with Gasteiger partial charge in [-0.15, -0.1) is 0 Å². The fraction of sp³-hybridized carbons (Fsp3) is 1.00. The van der Waals surface area contributed by atoms with Gasteiger partial charge in [0.1, 0.15) is 7.28 Å². The average molecular weight is 153 g/mol. The van der Waals surface area contributed by atoms with Crippen LogP contribution in [-0.4, -0.2) is 20.0 Å². The maximum absolute atomic E-state index is 5.64. The van der Waals surface area contributed by atoms with E-state index in [2.05, 4.69) is 28.1 Å². The lowest BCUT2D eigenvalue weighted by Crippen LogP contribution is -2.36. The second-order valence-electron chi connectivity index (χ2n) is 3.67. The van der Waals surface area contributed by atoms with Gasteiger partial charge in [0.25, 0.3) is 0 Å². The van der Waals surface area contributed by atoms with Gasteiger partial charge in [0.15, 0.2) is 0 Å². The summed E-state index contributed by atoms with van der Waals surface area (Å²) in [7, 11) is 4.23. The number of rotatable bonds is 2. The third kappa shape index (κ3) is 1.22. The van der Waals surface area contributed by atoms with Crippen LogP contribution in [0.5, 0.6) is 0 Å². The molecule has 1 unspecified atom stereocenters. The number of hydrogen-bond acceptors (Lipinski definition) is 1. The highest BCUT2D eigenvalue weighted by atomic mass is 16.5. The first-order valence-electron chi connectivity index (χ1n) is 4.55. The predicted octanol–water partition coefficient (Wildman–Crippen LogP) is 2.36. The molecule has 0 N–H and O–H groups in total. The molecular weight excluding hydrogens is 135 g/mol. The summed E-state index contributed by atoms with van der Waals surface area (Å²) < 4.78 is 5.64. The van der Waals surface area contributed by atoms with Gasteiger partial charge in [-0.3, -0.25) is 0 Å². The van der Waals surface area contributed by atoms with Crippen molar-refractivity contribution in [3.63, 3.8) is 0 Å². The van der Waals surface area contributed by atoms with Gasteiger partial charge in [0.2, 0.25) is 0 Å². The monoisotopic (exact) mass is 153 g/mol. The normalized spacial score (nSPS) is 44.0. The summed E-state index contributed by atoms with van der Waals surface area (Å²) in [5.74, 6) is 1.31. The Labute approximate surface area is 70.8 Å². The Bertz CT molecular complexity index is 120. The molecule has 1 fully saturated rings. The smallest absolute Gasteiger partial charge is 0.117 e. The van der Waals surface area contributed by atoms with Gasteiger partial charge in [-0.25, -0.2) is 0 Å². The highest BCUT2D eigenvalue weighted by Crippen LogP contribution is 2.44. The molecule has 63 valence electrons. The van der Waals surface area contributed by atoms with Crippen LogP contribution < -0.4 is 0 Å². The van der Waals surface area contributed by atoms with Crippen molar-refractivity contribution in [3.05, 3.63) is 0 Å². The molecule has 1 nitrogen and oxygen atoms in total. The quantitative estimate of drug-likeness (QED) is 0.553. The van der Waals surface area contributed by atoms with Gasteiger partial charge in [-0.05, 0) is 18.2 Å². The van der Waals surface area contributed by atoms with E-state index in [0.717, 1.165) is 6.42 Å². The minimum Gasteiger partial charge on any atom is -0.378 e. The molecule has 1 saturated heterocycles. The summed E-state index contributed by atoms with van der Waals surface area (Å²) in [4.78, 5) is 0. The maximum atomic E-state index is 5.64. The molecular formula is C9H18BO. The topological polar surface area (TPSA) is 9.23 Å². The molecule has 0 aliphatic carbocycles. The molecule has 0 aromatic carbocycles. The Kier molecular flexibility index (Phi) is 2.63. The van der Waals surface area contributed by atoms with Crippen LogP contribution in [-0.2, 0) is 4.74 Å². The minimum absolute atomic E-state index is 0.139. The minimum atomic E-state index is 0.139. The van der Waals surface area contributed by atoms with Crippen molar-refractivity contribution in [1.82, 2.24) is 0 Å². The van der Waals surface area contributed by atoms with Crippen LogP contribution in [0.1, 0.15) is 27.2 Å². The van der Waals surface area contributed by atoms with Gasteiger partial charge in [0, 0.05) is 7.11 Å². The van der Waals surface area contributed by atoms with Crippen LogP contribution in [0.25, 0.3) is 0 Å². The van der Waals surface area contributed by atoms with Crippen molar-refractivity contribution in [2.45, 2.75) is 44.9 Å². The van der Waals surface area contributed by atoms with Crippen LogP contribution in [0.15, 0.2) is 0 Å². The van der Waals surface area contributed by atoms with E-state index in [9.17, 15) is 0 Å². The summed E-state index contributed by atoms with van der Waals surface area (Å²) in [6.45, 7) is 6.76. The molecule has 0 amide bonds. The first-order valence-corrected chi connectivity index (χ1v) is 4.55. The van der Waals surface area contributed by atoms with Crippen molar-refractivity contribution in [3.8, 4) is 0 Å². The molecule has 0 saturated carbocycles. The van der Waals surface area contributed by atoms with Crippen LogP contribution >= 0.6 is 0 Å². The Morgan fingerprint density at radius 3 is 2.36 bits per heavy atom. The second kappa shape index (κ2) is 3.18. The van der Waals surface area contributed by atoms with E-state index in [0.29, 0.717) is 11.7 Å². The Balaban J connectivity index is 2.76. The first kappa shape index (κ1) is 9.12. The SMILES string of the molecule is CC[C@]1(OC)C(C)C[B][C@@H]1C. The summed E-state index contributed by atoms with van der Waals surface area (Å²) >= 11 is 0. The van der Waals surface area contributed by atoms with E-state index in [1.54, 1.807) is 0 Å². The zero-order chi connectivity index (χ0) is 8.48. The molecule has 3 atom stereocenters. The summed E-state index contributed by atoms with van der Waals surface area (Å²) in [5, 5.41) is 0. The van der Waals surface area contributed by atoms with Crippen molar-refractivity contribution >= 4 is 7.28 Å². The molecule has 1 heterocycles. The number of methoxy groups -OCH3 is 1. The van der Waals surface area contributed by atoms with Crippen LogP contribution in [0.3, 0.4) is 0 Å². The lowest BCUT2D eigenvalue weighted by Gasteiger charge is -2.36. The van der Waals surface area contributed by atoms with E-state index in [1.165, 1.54) is 6.32 Å². The van der Waals surface area contributed by atoms with E-state index in [1.807, 2.05) is 7.11 Å². The largest absolute Gasteiger partial charge is 0.378 e. The molecule has 1 rings (SSSR count). The molecule has 0 aromatic rings. The van der Waals surface area contributed by atoms with Gasteiger partial charge in [-0.1, -0.05) is 27.1 Å². The molecule has 0 bridgehead atoms. The number of hydrogen-bond donors (Lipinski definition) is 0. The molecule has 11 heavy (non-hydrogen) atoms. The third-order valence-electron chi connectivity index (χ3n) is 3.38. The highest BCUT2D eigenvalue weighted by molar-refractivity contribution is 6.39. The van der Waals surface area contributed by atoms with Crippen molar-refractivity contribution in [2.75, 3.05) is 7.11 Å². The fourth-order valence-electron chi connectivity index (χ4n) is 2.46. The van der Waals surface area contributed by atoms with Crippen molar-refractivity contribution in [2.24, 2.45) is 5.92 Å². The zero-order valence-corrected chi connectivity index (χ0v) is 8.05. The number of ether oxygens (including phenoxy) is 1. The summed E-state index contributed by atoms with van der Waals surface area (Å²) in [6.07, 6.45) is 2.34. The summed E-state index contributed by atoms with van der Waals surface area (Å²) in [5.41, 5.74) is 0.139. The standard InChI is InChI=1S/C9H18BO/c1-5-9(11-4)7(2)6-10-8(9)3/h7-8H,5-6H2,1-4H3/t7?,8-,9+/m1/s1. The molecule has 1 aliphatic rings. The second-order valence-corrected chi connectivity index (χ2v) is 3.67. The Hall–Kier alpha value is 0.0249. The van der Waals surface area contributed by atoms with Gasteiger partial charge in [-0.2, -0.15) is 0 Å². The highest BCUT2D eigenvalue weighted by Gasteiger charge is 2.44. The Morgan fingerprint density at radius 1 is 1.55 bits per heavy atom. The zero-order valence-electron chi connectivity index (χ0n) is 8.05. The molecule has 1 radical (unpaired) electrons. The fourth-order valence-corrected chi connectivity index (χ4v) is 2.46. The lowest BCUT2D eigenvalue weighted by molar-refractivity contribution is -0.0437. The van der Waals surface area contributed by atoms with E-state index >= 15 is 0 Å². The molecule has 2 heteroatoms. The van der Waals surface area contributed by atoms with Crippen molar-refractivity contribution in [1.29, 1.82) is 0 Å². The summed E-state index contributed by atoms with van der Waals surface area (Å²) in [6, 6.07) is 0. The van der Waals surface area contributed by atoms with Crippen LogP contribution in [0.2, 0.25) is 12.1 Å². The van der Waals surface area contributed by atoms with E-state index in [4.69, 9.17) is 4.74 Å². The van der Waals surface area contributed by atoms with Crippen molar-refractivity contribution < 1.29 is 4.74 Å². The predicted molar refractivity (Wildman–Crippen MR) is 49.2 cm³/mol. The first-order chi connectivity index (χ1) is 5.17. The van der Waals surface area contributed by atoms with Crippen LogP contribution in [0, 0.1) is 5.92 Å². The van der Waals surface area contributed by atoms with Gasteiger partial charge in [0.05, 0.1) is 5.60 Å². The van der Waals surface area contributed by atoms with Gasteiger partial charge < -0.3 is 4.74 Å². The molecule has 0 aromatic heterocycles. The molecule has 0 spiro atoms. The third-order valence-corrected chi connectivity index (χ3v) is 3.38. The van der Waals surface area contributed by atoms with E-state index in [-0.39, 0.29) is 5.60 Å². The lowest BCUT2D eigenvalue weighted by atomic mass is 9.65. The van der Waals surface area contributed by atoms with Gasteiger partial charge >= 0.3 is 0 Å².